The molecule has 0 aliphatic heterocycles. The molecule has 1 radical (unpaired) electrons. The molecule has 0 fully saturated rings. The Labute approximate surface area is 74.8 Å². The lowest BCUT2D eigenvalue weighted by molar-refractivity contribution is 0.930. The fourth-order valence-corrected chi connectivity index (χ4v) is 1.20. The highest BCUT2D eigenvalue weighted by Gasteiger charge is 1.98. The number of pyridine rings is 1. The summed E-state index contributed by atoms with van der Waals surface area (Å²) < 4.78 is 0. The lowest BCUT2D eigenvalue weighted by Crippen LogP contribution is -1.96. The third-order valence-electron chi connectivity index (χ3n) is 2.00. The topological polar surface area (TPSA) is 12.9 Å². The van der Waals surface area contributed by atoms with Gasteiger partial charge in [0.05, 0.1) is 0 Å². The monoisotopic (exact) mass is 162 g/mol. The fraction of sp³-hybridized carbons (Fsp3) is 0.545. The smallest absolute Gasteiger partial charge is 0.0486 e. The summed E-state index contributed by atoms with van der Waals surface area (Å²) in [6, 6.07) is 5.46. The summed E-state index contributed by atoms with van der Waals surface area (Å²) in [5.74, 6) is 0. The van der Waals surface area contributed by atoms with E-state index in [-0.39, 0.29) is 0 Å². The van der Waals surface area contributed by atoms with E-state index in [2.05, 4.69) is 37.9 Å². The van der Waals surface area contributed by atoms with Crippen LogP contribution in [-0.2, 0) is 19.3 Å². The van der Waals surface area contributed by atoms with E-state index in [0.29, 0.717) is 0 Å². The molecule has 0 amide bonds. The van der Waals surface area contributed by atoms with E-state index in [9.17, 15) is 0 Å². The number of hydrogen-bond donors (Lipinski definition) is 0. The van der Waals surface area contributed by atoms with Crippen molar-refractivity contribution in [1.29, 1.82) is 0 Å². The molecule has 0 spiro atoms. The number of aryl methyl sites for hydroxylation is 3. The van der Waals surface area contributed by atoms with Crippen molar-refractivity contribution >= 4 is 0 Å². The van der Waals surface area contributed by atoms with Crippen molar-refractivity contribution in [3.05, 3.63) is 29.1 Å². The zero-order chi connectivity index (χ0) is 8.97. The Balaban J connectivity index is 3.01. The summed E-state index contributed by atoms with van der Waals surface area (Å²) in [6.45, 7) is 6.42. The summed E-state index contributed by atoms with van der Waals surface area (Å²) in [7, 11) is 0. The van der Waals surface area contributed by atoms with E-state index in [1.807, 2.05) is 0 Å². The van der Waals surface area contributed by atoms with Gasteiger partial charge < -0.3 is 0 Å². The SMILES string of the molecule is CCc1[c]c(CC)nc(CC)c1. The highest BCUT2D eigenvalue weighted by molar-refractivity contribution is 5.20. The Morgan fingerprint density at radius 2 is 1.92 bits per heavy atom. The first-order chi connectivity index (χ1) is 5.80. The van der Waals surface area contributed by atoms with Gasteiger partial charge in [-0.1, -0.05) is 20.8 Å². The molecule has 0 unspecified atom stereocenters. The lowest BCUT2D eigenvalue weighted by Gasteiger charge is -2.03. The van der Waals surface area contributed by atoms with Gasteiger partial charge in [-0.25, -0.2) is 0 Å². The van der Waals surface area contributed by atoms with Gasteiger partial charge in [-0.2, -0.15) is 0 Å². The molecule has 0 saturated carbocycles. The molecule has 1 heterocycles. The van der Waals surface area contributed by atoms with E-state index >= 15 is 0 Å². The third kappa shape index (κ3) is 2.07. The average Bonchev–Trinajstić information content (AvgIpc) is 2.16. The van der Waals surface area contributed by atoms with E-state index < -0.39 is 0 Å². The van der Waals surface area contributed by atoms with Gasteiger partial charge in [0.25, 0.3) is 0 Å². The maximum absolute atomic E-state index is 4.46. The average molecular weight is 162 g/mol. The van der Waals surface area contributed by atoms with Crippen LogP contribution >= 0.6 is 0 Å². The highest BCUT2D eigenvalue weighted by atomic mass is 14.7. The van der Waals surface area contributed by atoms with Crippen molar-refractivity contribution in [2.45, 2.75) is 40.0 Å². The zero-order valence-electron chi connectivity index (χ0n) is 8.15. The van der Waals surface area contributed by atoms with Crippen molar-refractivity contribution < 1.29 is 0 Å². The number of aromatic nitrogens is 1. The number of nitrogens with zero attached hydrogens (tertiary/aromatic N) is 1. The first kappa shape index (κ1) is 9.24. The Morgan fingerprint density at radius 1 is 1.17 bits per heavy atom. The minimum atomic E-state index is 0.987. The second-order valence-electron chi connectivity index (χ2n) is 2.91. The van der Waals surface area contributed by atoms with Crippen LogP contribution in [0.1, 0.15) is 37.7 Å². The molecule has 1 nitrogen and oxygen atoms in total. The van der Waals surface area contributed by atoms with E-state index in [4.69, 9.17) is 0 Å². The van der Waals surface area contributed by atoms with Gasteiger partial charge in [-0.15, -0.1) is 0 Å². The van der Waals surface area contributed by atoms with Gasteiger partial charge in [0, 0.05) is 17.5 Å². The molecule has 12 heavy (non-hydrogen) atoms. The number of hydrogen-bond acceptors (Lipinski definition) is 1. The molecule has 0 saturated heterocycles. The van der Waals surface area contributed by atoms with Crippen LogP contribution in [0.3, 0.4) is 0 Å². The minimum absolute atomic E-state index is 0.987. The van der Waals surface area contributed by atoms with Gasteiger partial charge in [0.2, 0.25) is 0 Å². The van der Waals surface area contributed by atoms with Crippen molar-refractivity contribution in [2.24, 2.45) is 0 Å². The summed E-state index contributed by atoms with van der Waals surface area (Å²) in [6.07, 6.45) is 3.07. The molecule has 65 valence electrons. The Bertz CT molecular complexity index is 198. The Hall–Kier alpha value is -0.850. The van der Waals surface area contributed by atoms with Crippen LogP contribution in [0.2, 0.25) is 0 Å². The normalized spacial score (nSPS) is 10.2. The van der Waals surface area contributed by atoms with Crippen LogP contribution in [0.25, 0.3) is 0 Å². The largest absolute Gasteiger partial charge is 0.257 e. The lowest BCUT2D eigenvalue weighted by atomic mass is 10.1. The fourth-order valence-electron chi connectivity index (χ4n) is 1.20. The molecule has 0 atom stereocenters. The molecule has 0 N–H and O–H groups in total. The van der Waals surface area contributed by atoms with Gasteiger partial charge in [0.1, 0.15) is 0 Å². The Kier molecular flexibility index (Phi) is 3.27. The second-order valence-corrected chi connectivity index (χ2v) is 2.91. The quantitative estimate of drug-likeness (QED) is 0.665. The highest BCUT2D eigenvalue weighted by Crippen LogP contribution is 2.07. The van der Waals surface area contributed by atoms with Crippen LogP contribution in [0.4, 0.5) is 0 Å². The number of rotatable bonds is 3. The molecule has 1 aromatic heterocycles. The van der Waals surface area contributed by atoms with Crippen LogP contribution in [0, 0.1) is 6.07 Å². The molecule has 0 aromatic carbocycles. The molecule has 1 rings (SSSR count). The molecule has 0 aliphatic carbocycles. The summed E-state index contributed by atoms with van der Waals surface area (Å²) in [4.78, 5) is 4.46. The van der Waals surface area contributed by atoms with E-state index in [1.54, 1.807) is 0 Å². The Morgan fingerprint density at radius 3 is 2.42 bits per heavy atom. The summed E-state index contributed by atoms with van der Waals surface area (Å²) in [5.41, 5.74) is 3.59. The molecule has 1 aromatic rings. The first-order valence-corrected chi connectivity index (χ1v) is 4.71. The first-order valence-electron chi connectivity index (χ1n) is 4.71. The molecule has 0 aliphatic rings. The predicted octanol–water partition coefficient (Wildman–Crippen LogP) is 2.57. The van der Waals surface area contributed by atoms with Gasteiger partial charge in [-0.05, 0) is 30.9 Å². The second kappa shape index (κ2) is 4.24. The van der Waals surface area contributed by atoms with Gasteiger partial charge >= 0.3 is 0 Å². The molecular formula is C11H16N. The predicted molar refractivity (Wildman–Crippen MR) is 51.2 cm³/mol. The molecule has 1 heteroatoms. The minimum Gasteiger partial charge on any atom is -0.257 e. The van der Waals surface area contributed by atoms with Crippen LogP contribution in [-0.4, -0.2) is 4.98 Å². The summed E-state index contributed by atoms with van der Waals surface area (Å²) in [5, 5.41) is 0. The van der Waals surface area contributed by atoms with Crippen molar-refractivity contribution in [2.75, 3.05) is 0 Å². The van der Waals surface area contributed by atoms with Gasteiger partial charge in [0.15, 0.2) is 0 Å². The summed E-state index contributed by atoms with van der Waals surface area (Å²) >= 11 is 0. The van der Waals surface area contributed by atoms with Crippen molar-refractivity contribution in [1.82, 2.24) is 4.98 Å². The molecular weight excluding hydrogens is 146 g/mol. The zero-order valence-corrected chi connectivity index (χ0v) is 8.15. The maximum atomic E-state index is 4.46. The van der Waals surface area contributed by atoms with Crippen molar-refractivity contribution in [3.8, 4) is 0 Å². The van der Waals surface area contributed by atoms with Crippen molar-refractivity contribution in [3.63, 3.8) is 0 Å². The van der Waals surface area contributed by atoms with E-state index in [0.717, 1.165) is 25.0 Å². The molecule has 0 bridgehead atoms. The maximum Gasteiger partial charge on any atom is 0.0486 e. The standard InChI is InChI=1S/C11H16N/c1-4-9-7-10(5-2)12-11(6-3)8-9/h7H,4-6H2,1-3H3. The van der Waals surface area contributed by atoms with Gasteiger partial charge in [-0.3, -0.25) is 4.98 Å². The van der Waals surface area contributed by atoms with Crippen LogP contribution in [0.15, 0.2) is 6.07 Å². The van der Waals surface area contributed by atoms with Crippen LogP contribution < -0.4 is 0 Å². The van der Waals surface area contributed by atoms with E-state index in [1.165, 1.54) is 11.3 Å². The third-order valence-corrected chi connectivity index (χ3v) is 2.00. The van der Waals surface area contributed by atoms with Crippen LogP contribution in [0.5, 0.6) is 0 Å².